The number of rotatable bonds is 17. The summed E-state index contributed by atoms with van der Waals surface area (Å²) in [5, 5.41) is 0. The van der Waals surface area contributed by atoms with Crippen LogP contribution in [0.4, 0.5) is 0 Å². The zero-order valence-corrected chi connectivity index (χ0v) is 20.8. The monoisotopic (exact) mass is 458 g/mol. The molecule has 0 radical (unpaired) electrons. The van der Waals surface area contributed by atoms with E-state index in [0.29, 0.717) is 38.5 Å². The largest absolute Gasteiger partial charge is 0.465 e. The molecular weight excluding hydrogens is 416 g/mol. The van der Waals surface area contributed by atoms with E-state index in [2.05, 4.69) is 0 Å². The maximum absolute atomic E-state index is 12.8. The minimum Gasteiger partial charge on any atom is -0.465 e. The van der Waals surface area contributed by atoms with Crippen molar-refractivity contribution in [3.05, 3.63) is 0 Å². The van der Waals surface area contributed by atoms with Crippen LogP contribution in [-0.2, 0) is 38.1 Å². The summed E-state index contributed by atoms with van der Waals surface area (Å²) in [5.74, 6) is -2.35. The van der Waals surface area contributed by atoms with Crippen molar-refractivity contribution in [1.29, 1.82) is 0 Å². The molecule has 0 bridgehead atoms. The molecule has 0 unspecified atom stereocenters. The molecule has 0 heterocycles. The van der Waals surface area contributed by atoms with Gasteiger partial charge in [-0.25, -0.2) is 0 Å². The summed E-state index contributed by atoms with van der Waals surface area (Å²) in [6.07, 6.45) is 3.11. The Morgan fingerprint density at radius 2 is 0.719 bits per heavy atom. The van der Waals surface area contributed by atoms with Gasteiger partial charge in [-0.05, 0) is 53.4 Å². The molecule has 0 rings (SSSR count). The fraction of sp³-hybridized carbons (Fsp3) is 0.833. The first kappa shape index (κ1) is 29.9. The highest BCUT2D eigenvalue weighted by atomic mass is 16.6. The van der Waals surface area contributed by atoms with Crippen molar-refractivity contribution in [3.63, 3.8) is 0 Å². The Labute approximate surface area is 192 Å². The molecule has 8 heteroatoms. The first-order chi connectivity index (χ1) is 15.3. The molecule has 8 nitrogen and oxygen atoms in total. The minimum atomic E-state index is -1.39. The van der Waals surface area contributed by atoms with Crippen LogP contribution >= 0.6 is 0 Å². The number of unbranched alkanes of at least 4 members (excludes halogenated alkanes) is 1. The first-order valence-corrected chi connectivity index (χ1v) is 11.9. The van der Waals surface area contributed by atoms with E-state index in [0.717, 1.165) is 0 Å². The van der Waals surface area contributed by atoms with Gasteiger partial charge in [-0.2, -0.15) is 0 Å². The molecule has 0 N–H and O–H groups in total. The fourth-order valence-electron chi connectivity index (χ4n) is 4.02. The Morgan fingerprint density at radius 3 is 0.906 bits per heavy atom. The van der Waals surface area contributed by atoms with Crippen molar-refractivity contribution in [1.82, 2.24) is 0 Å². The highest BCUT2D eigenvalue weighted by Gasteiger charge is 2.49. The zero-order chi connectivity index (χ0) is 24.6. The van der Waals surface area contributed by atoms with E-state index in [-0.39, 0.29) is 39.3 Å². The number of carbonyl (C=O) groups is 4. The lowest BCUT2D eigenvalue weighted by atomic mass is 9.75. The highest BCUT2D eigenvalue weighted by molar-refractivity contribution is 6.00. The van der Waals surface area contributed by atoms with Gasteiger partial charge in [0.25, 0.3) is 0 Å². The van der Waals surface area contributed by atoms with Crippen LogP contribution in [0.3, 0.4) is 0 Å². The van der Waals surface area contributed by atoms with E-state index >= 15 is 0 Å². The molecule has 0 spiro atoms. The van der Waals surface area contributed by atoms with E-state index in [9.17, 15) is 19.2 Å². The molecule has 0 aromatic carbocycles. The van der Waals surface area contributed by atoms with Gasteiger partial charge in [-0.15, -0.1) is 0 Å². The molecule has 0 fully saturated rings. The van der Waals surface area contributed by atoms with Crippen LogP contribution in [-0.4, -0.2) is 50.3 Å². The molecule has 0 aliphatic carbocycles. The summed E-state index contributed by atoms with van der Waals surface area (Å²) in [7, 11) is 0. The van der Waals surface area contributed by atoms with Crippen LogP contribution in [0.2, 0.25) is 0 Å². The quantitative estimate of drug-likeness (QED) is 0.137. The molecule has 0 atom stereocenters. The van der Waals surface area contributed by atoms with Crippen molar-refractivity contribution >= 4 is 23.9 Å². The van der Waals surface area contributed by atoms with Crippen molar-refractivity contribution in [2.24, 2.45) is 10.8 Å². The van der Waals surface area contributed by atoms with Crippen molar-refractivity contribution in [2.45, 2.75) is 92.9 Å². The standard InChI is InChI=1S/C24H42O8/c1-7-15-23(19(25)29-9-3,20(26)30-10-4)17-13-14-18-24(16-8-2,21(27)31-11-5)22(28)32-12-6/h7-18H2,1-6H3. The third-order valence-corrected chi connectivity index (χ3v) is 5.48. The average molecular weight is 459 g/mol. The fourth-order valence-corrected chi connectivity index (χ4v) is 4.02. The van der Waals surface area contributed by atoms with Crippen molar-refractivity contribution in [3.8, 4) is 0 Å². The van der Waals surface area contributed by atoms with Gasteiger partial charge < -0.3 is 18.9 Å². The third kappa shape index (κ3) is 7.78. The summed E-state index contributed by atoms with van der Waals surface area (Å²) in [6.45, 7) is 11.2. The average Bonchev–Trinajstić information content (AvgIpc) is 2.75. The Balaban J connectivity index is 5.68. The van der Waals surface area contributed by atoms with Crippen molar-refractivity contribution < 1.29 is 38.1 Å². The zero-order valence-electron chi connectivity index (χ0n) is 20.8. The molecule has 0 aliphatic heterocycles. The second-order valence-electron chi connectivity index (χ2n) is 7.75. The SMILES string of the molecule is CCCC(CCCCC(CCC)(C(=O)OCC)C(=O)OCC)(C(=O)OCC)C(=O)OCC. The van der Waals surface area contributed by atoms with Gasteiger partial charge in [-0.3, -0.25) is 19.2 Å². The van der Waals surface area contributed by atoms with Gasteiger partial charge in [0.05, 0.1) is 26.4 Å². The second-order valence-corrected chi connectivity index (χ2v) is 7.75. The number of hydrogen-bond acceptors (Lipinski definition) is 8. The number of carbonyl (C=O) groups excluding carboxylic acids is 4. The number of ether oxygens (including phenoxy) is 4. The summed E-state index contributed by atoms with van der Waals surface area (Å²) >= 11 is 0. The second kappa shape index (κ2) is 15.6. The van der Waals surface area contributed by atoms with E-state index in [4.69, 9.17) is 18.9 Å². The summed E-state index contributed by atoms with van der Waals surface area (Å²) in [5.41, 5.74) is -2.77. The van der Waals surface area contributed by atoms with Crippen LogP contribution in [0.5, 0.6) is 0 Å². The van der Waals surface area contributed by atoms with Gasteiger partial charge >= 0.3 is 23.9 Å². The normalized spacial score (nSPS) is 11.6. The maximum Gasteiger partial charge on any atom is 0.323 e. The number of hydrogen-bond donors (Lipinski definition) is 0. The van der Waals surface area contributed by atoms with Crippen LogP contribution < -0.4 is 0 Å². The predicted octanol–water partition coefficient (Wildman–Crippen LogP) is 4.37. The molecule has 0 saturated heterocycles. The molecule has 32 heavy (non-hydrogen) atoms. The van der Waals surface area contributed by atoms with E-state index in [1.54, 1.807) is 27.7 Å². The molecule has 0 aliphatic rings. The summed E-state index contributed by atoms with van der Waals surface area (Å²) in [6, 6.07) is 0. The van der Waals surface area contributed by atoms with E-state index in [1.807, 2.05) is 13.8 Å². The third-order valence-electron chi connectivity index (χ3n) is 5.48. The lowest BCUT2D eigenvalue weighted by Gasteiger charge is -2.31. The van der Waals surface area contributed by atoms with E-state index < -0.39 is 34.7 Å². The van der Waals surface area contributed by atoms with Crippen LogP contribution in [0, 0.1) is 10.8 Å². The molecule has 186 valence electrons. The van der Waals surface area contributed by atoms with Gasteiger partial charge in [0.15, 0.2) is 10.8 Å². The Kier molecular flexibility index (Phi) is 14.6. The van der Waals surface area contributed by atoms with E-state index in [1.165, 1.54) is 0 Å². The molecular formula is C24H42O8. The Bertz CT molecular complexity index is 511. The first-order valence-electron chi connectivity index (χ1n) is 11.9. The van der Waals surface area contributed by atoms with Crippen LogP contribution in [0.15, 0.2) is 0 Å². The molecule has 0 aromatic heterocycles. The van der Waals surface area contributed by atoms with Crippen molar-refractivity contribution in [2.75, 3.05) is 26.4 Å². The highest BCUT2D eigenvalue weighted by Crippen LogP contribution is 2.38. The van der Waals surface area contributed by atoms with Gasteiger partial charge in [-0.1, -0.05) is 39.5 Å². The molecule has 0 aromatic rings. The molecule has 0 saturated carbocycles. The Morgan fingerprint density at radius 1 is 0.469 bits per heavy atom. The van der Waals surface area contributed by atoms with Gasteiger partial charge in [0, 0.05) is 0 Å². The van der Waals surface area contributed by atoms with Gasteiger partial charge in [0.1, 0.15) is 0 Å². The topological polar surface area (TPSA) is 105 Å². The lowest BCUT2D eigenvalue weighted by Crippen LogP contribution is -2.43. The van der Waals surface area contributed by atoms with Crippen LogP contribution in [0.25, 0.3) is 0 Å². The predicted molar refractivity (Wildman–Crippen MR) is 120 cm³/mol. The summed E-state index contributed by atoms with van der Waals surface area (Å²) in [4.78, 5) is 51.1. The maximum atomic E-state index is 12.8. The minimum absolute atomic E-state index is 0.162. The Hall–Kier alpha value is -2.12. The smallest absolute Gasteiger partial charge is 0.323 e. The number of esters is 4. The van der Waals surface area contributed by atoms with Crippen LogP contribution in [0.1, 0.15) is 92.9 Å². The molecule has 0 amide bonds. The lowest BCUT2D eigenvalue weighted by molar-refractivity contribution is -0.176. The van der Waals surface area contributed by atoms with Gasteiger partial charge in [0.2, 0.25) is 0 Å². The summed E-state index contributed by atoms with van der Waals surface area (Å²) < 4.78 is 20.9.